The smallest absolute Gasteiger partial charge is 0.147 e. The molecule has 1 aliphatic heterocycles. The van der Waals surface area contributed by atoms with E-state index in [1.165, 1.54) is 12.1 Å². The van der Waals surface area contributed by atoms with Gasteiger partial charge in [0, 0.05) is 31.7 Å². The van der Waals surface area contributed by atoms with E-state index in [2.05, 4.69) is 21.3 Å². The zero-order valence-corrected chi connectivity index (χ0v) is 12.7. The van der Waals surface area contributed by atoms with E-state index in [1.807, 2.05) is 0 Å². The quantitative estimate of drug-likeness (QED) is 0.924. The summed E-state index contributed by atoms with van der Waals surface area (Å²) in [5, 5.41) is 12.5. The lowest BCUT2D eigenvalue weighted by molar-refractivity contribution is 0.585. The average Bonchev–Trinajstić information content (AvgIpc) is 2.56. The fourth-order valence-electron chi connectivity index (χ4n) is 2.43. The molecule has 22 heavy (non-hydrogen) atoms. The number of nitrogens with one attached hydrogen (secondary N) is 1. The molecular weight excluding hydrogens is 303 g/mol. The van der Waals surface area contributed by atoms with Crippen LogP contribution >= 0.6 is 12.4 Å². The molecule has 0 amide bonds. The average molecular weight is 319 g/mol. The Labute approximate surface area is 135 Å². The van der Waals surface area contributed by atoms with Gasteiger partial charge < -0.3 is 10.2 Å². The Kier molecular flexibility index (Phi) is 5.31. The van der Waals surface area contributed by atoms with Crippen molar-refractivity contribution in [2.75, 3.05) is 31.1 Å². The highest BCUT2D eigenvalue weighted by Gasteiger charge is 2.16. The Bertz CT molecular complexity index is 676. The molecule has 1 aromatic carbocycles. The van der Waals surface area contributed by atoms with Crippen LogP contribution < -0.4 is 10.2 Å². The van der Waals surface area contributed by atoms with Gasteiger partial charge in [0.25, 0.3) is 0 Å². The SMILES string of the molecule is Cl.N#Cc1ccc(-c2ccc(F)cc2)nc1N1CCNCC1. The second-order valence-electron chi connectivity index (χ2n) is 4.92. The summed E-state index contributed by atoms with van der Waals surface area (Å²) in [5.41, 5.74) is 2.17. The minimum absolute atomic E-state index is 0. The summed E-state index contributed by atoms with van der Waals surface area (Å²) in [6.45, 7) is 3.42. The molecule has 0 radical (unpaired) electrons. The van der Waals surface area contributed by atoms with Gasteiger partial charge >= 0.3 is 0 Å². The Balaban J connectivity index is 0.00000176. The molecule has 0 saturated carbocycles. The lowest BCUT2D eigenvalue weighted by Gasteiger charge is -2.29. The highest BCUT2D eigenvalue weighted by atomic mass is 35.5. The van der Waals surface area contributed by atoms with Crippen LogP contribution in [0.15, 0.2) is 36.4 Å². The Morgan fingerprint density at radius 3 is 2.41 bits per heavy atom. The molecule has 2 aromatic rings. The van der Waals surface area contributed by atoms with Crippen LogP contribution in [0.2, 0.25) is 0 Å². The van der Waals surface area contributed by atoms with Gasteiger partial charge in [0.2, 0.25) is 0 Å². The van der Waals surface area contributed by atoms with E-state index < -0.39 is 0 Å². The lowest BCUT2D eigenvalue weighted by atomic mass is 10.1. The van der Waals surface area contributed by atoms with Gasteiger partial charge in [-0.3, -0.25) is 0 Å². The van der Waals surface area contributed by atoms with Crippen molar-refractivity contribution in [3.63, 3.8) is 0 Å². The van der Waals surface area contributed by atoms with Gasteiger partial charge in [-0.05, 0) is 36.4 Å². The standard InChI is InChI=1S/C16H15FN4.ClH/c17-14-4-1-12(2-5-14)15-6-3-13(11-18)16(20-15)21-9-7-19-8-10-21;/h1-6,19H,7-10H2;1H. The third-order valence-corrected chi connectivity index (χ3v) is 3.55. The summed E-state index contributed by atoms with van der Waals surface area (Å²) in [4.78, 5) is 6.73. The van der Waals surface area contributed by atoms with Crippen LogP contribution in [-0.2, 0) is 0 Å². The molecule has 1 aliphatic rings. The van der Waals surface area contributed by atoms with E-state index >= 15 is 0 Å². The van der Waals surface area contributed by atoms with Crippen LogP contribution in [0, 0.1) is 17.1 Å². The van der Waals surface area contributed by atoms with E-state index in [0.717, 1.165) is 37.4 Å². The van der Waals surface area contributed by atoms with Crippen molar-refractivity contribution >= 4 is 18.2 Å². The van der Waals surface area contributed by atoms with Crippen LogP contribution in [0.5, 0.6) is 0 Å². The maximum absolute atomic E-state index is 13.0. The number of anilines is 1. The first-order valence-corrected chi connectivity index (χ1v) is 6.91. The van der Waals surface area contributed by atoms with Crippen LogP contribution in [0.4, 0.5) is 10.2 Å². The van der Waals surface area contributed by atoms with Gasteiger partial charge in [-0.25, -0.2) is 9.37 Å². The summed E-state index contributed by atoms with van der Waals surface area (Å²) >= 11 is 0. The monoisotopic (exact) mass is 318 g/mol. The third kappa shape index (κ3) is 3.35. The minimum Gasteiger partial charge on any atom is -0.353 e. The summed E-state index contributed by atoms with van der Waals surface area (Å²) in [7, 11) is 0. The number of nitrogens with zero attached hydrogens (tertiary/aromatic N) is 3. The van der Waals surface area contributed by atoms with Crippen LogP contribution in [-0.4, -0.2) is 31.2 Å². The maximum Gasteiger partial charge on any atom is 0.147 e. The molecule has 0 aliphatic carbocycles. The minimum atomic E-state index is -0.269. The van der Waals surface area contributed by atoms with Crippen LogP contribution in [0.25, 0.3) is 11.3 Å². The molecule has 1 N–H and O–H groups in total. The number of piperazine rings is 1. The van der Waals surface area contributed by atoms with Gasteiger partial charge in [0.15, 0.2) is 0 Å². The van der Waals surface area contributed by atoms with Crippen molar-refractivity contribution < 1.29 is 4.39 Å². The molecule has 114 valence electrons. The highest BCUT2D eigenvalue weighted by molar-refractivity contribution is 5.85. The molecule has 6 heteroatoms. The normalized spacial score (nSPS) is 14.1. The summed E-state index contributed by atoms with van der Waals surface area (Å²) in [6, 6.07) is 12.0. The molecule has 3 rings (SSSR count). The van der Waals surface area contributed by atoms with Crippen LogP contribution in [0.3, 0.4) is 0 Å². The second kappa shape index (κ2) is 7.21. The van der Waals surface area contributed by atoms with Crippen molar-refractivity contribution in [3.8, 4) is 17.3 Å². The van der Waals surface area contributed by atoms with Crippen molar-refractivity contribution in [2.24, 2.45) is 0 Å². The van der Waals surface area contributed by atoms with E-state index in [4.69, 9.17) is 0 Å². The first-order valence-electron chi connectivity index (χ1n) is 6.91. The molecule has 1 saturated heterocycles. The topological polar surface area (TPSA) is 52.0 Å². The van der Waals surface area contributed by atoms with Crippen LogP contribution in [0.1, 0.15) is 5.56 Å². The number of benzene rings is 1. The van der Waals surface area contributed by atoms with E-state index in [1.54, 1.807) is 24.3 Å². The molecule has 2 heterocycles. The summed E-state index contributed by atoms with van der Waals surface area (Å²) in [5.74, 6) is 0.440. The van der Waals surface area contributed by atoms with Gasteiger partial charge in [-0.2, -0.15) is 5.26 Å². The highest BCUT2D eigenvalue weighted by Crippen LogP contribution is 2.24. The van der Waals surface area contributed by atoms with E-state index in [-0.39, 0.29) is 18.2 Å². The molecular formula is C16H16ClFN4. The molecule has 0 spiro atoms. The molecule has 4 nitrogen and oxygen atoms in total. The predicted octanol–water partition coefficient (Wildman–Crippen LogP) is 2.59. The lowest BCUT2D eigenvalue weighted by Crippen LogP contribution is -2.44. The number of aromatic nitrogens is 1. The number of rotatable bonds is 2. The number of pyridine rings is 1. The number of hydrogen-bond acceptors (Lipinski definition) is 4. The third-order valence-electron chi connectivity index (χ3n) is 3.55. The fourth-order valence-corrected chi connectivity index (χ4v) is 2.43. The maximum atomic E-state index is 13.0. The summed E-state index contributed by atoms with van der Waals surface area (Å²) < 4.78 is 13.0. The molecule has 0 bridgehead atoms. The Morgan fingerprint density at radius 2 is 1.77 bits per heavy atom. The Hall–Kier alpha value is -2.16. The number of halogens is 2. The van der Waals surface area contributed by atoms with Crippen molar-refractivity contribution in [3.05, 3.63) is 47.8 Å². The second-order valence-corrected chi connectivity index (χ2v) is 4.92. The first-order chi connectivity index (χ1) is 10.3. The van der Waals surface area contributed by atoms with Gasteiger partial charge in [0.05, 0.1) is 11.3 Å². The Morgan fingerprint density at radius 1 is 1.09 bits per heavy atom. The van der Waals surface area contributed by atoms with Gasteiger partial charge in [-0.1, -0.05) is 0 Å². The summed E-state index contributed by atoms with van der Waals surface area (Å²) in [6.07, 6.45) is 0. The van der Waals surface area contributed by atoms with Gasteiger partial charge in [-0.15, -0.1) is 12.4 Å². The van der Waals surface area contributed by atoms with Crippen molar-refractivity contribution in [2.45, 2.75) is 0 Å². The zero-order valence-electron chi connectivity index (χ0n) is 11.9. The molecule has 1 fully saturated rings. The number of hydrogen-bond donors (Lipinski definition) is 1. The number of nitriles is 1. The zero-order chi connectivity index (χ0) is 14.7. The first kappa shape index (κ1) is 16.2. The molecule has 0 unspecified atom stereocenters. The largest absolute Gasteiger partial charge is 0.353 e. The van der Waals surface area contributed by atoms with Crippen molar-refractivity contribution in [1.29, 1.82) is 5.26 Å². The molecule has 0 atom stereocenters. The van der Waals surface area contributed by atoms with E-state index in [0.29, 0.717) is 11.4 Å². The fraction of sp³-hybridized carbons (Fsp3) is 0.250. The molecule has 1 aromatic heterocycles. The predicted molar refractivity (Wildman–Crippen MR) is 86.7 cm³/mol. The van der Waals surface area contributed by atoms with Crippen molar-refractivity contribution in [1.82, 2.24) is 10.3 Å². The van der Waals surface area contributed by atoms with Gasteiger partial charge in [0.1, 0.15) is 17.7 Å². The van der Waals surface area contributed by atoms with E-state index in [9.17, 15) is 9.65 Å².